The summed E-state index contributed by atoms with van der Waals surface area (Å²) in [6.07, 6.45) is 0.381. The van der Waals surface area contributed by atoms with Gasteiger partial charge in [0, 0.05) is 27.6 Å². The Morgan fingerprint density at radius 2 is 1.70 bits per heavy atom. The molecule has 4 rings (SSSR count). The smallest absolute Gasteiger partial charge is 0.119 e. The fourth-order valence-corrected chi connectivity index (χ4v) is 5.48. The Balaban J connectivity index is 1.53. The number of fused-ring (bicyclic) bond motifs is 1. The van der Waals surface area contributed by atoms with Gasteiger partial charge in [0.05, 0.1) is 25.0 Å². The van der Waals surface area contributed by atoms with Gasteiger partial charge in [-0.05, 0) is 79.4 Å². The summed E-state index contributed by atoms with van der Waals surface area (Å²) in [5, 5.41) is 10.3. The highest BCUT2D eigenvalue weighted by molar-refractivity contribution is 7.19. The van der Waals surface area contributed by atoms with Crippen LogP contribution in [0.25, 0.3) is 21.2 Å². The summed E-state index contributed by atoms with van der Waals surface area (Å²) in [7, 11) is 1.67. The zero-order chi connectivity index (χ0) is 26.2. The van der Waals surface area contributed by atoms with E-state index in [-0.39, 0.29) is 5.92 Å². The normalized spacial score (nSPS) is 11.4. The number of rotatable bonds is 10. The Labute approximate surface area is 223 Å². The topological polar surface area (TPSA) is 51.5 Å². The highest BCUT2D eigenvalue weighted by atomic mass is 32.1. The minimum atomic E-state index is -0.0684. The first-order valence-electron chi connectivity index (χ1n) is 12.3. The molecule has 4 nitrogen and oxygen atoms in total. The summed E-state index contributed by atoms with van der Waals surface area (Å²) < 4.78 is 18.3. The van der Waals surface area contributed by atoms with Gasteiger partial charge in [0.25, 0.3) is 0 Å². The Bertz CT molecular complexity index is 1470. The number of hydrogen-bond donors (Lipinski definition) is 0. The molecule has 0 aliphatic carbocycles. The minimum Gasteiger partial charge on any atom is -0.491 e. The first-order valence-corrected chi connectivity index (χ1v) is 13.1. The van der Waals surface area contributed by atoms with Crippen LogP contribution < -0.4 is 9.47 Å². The minimum absolute atomic E-state index is 0.0684. The Morgan fingerprint density at radius 1 is 0.919 bits per heavy atom. The molecule has 0 saturated heterocycles. The van der Waals surface area contributed by atoms with Gasteiger partial charge in [0.2, 0.25) is 0 Å². The lowest BCUT2D eigenvalue weighted by molar-refractivity contribution is 0.146. The van der Waals surface area contributed by atoms with E-state index in [4.69, 9.17) is 19.5 Å². The van der Waals surface area contributed by atoms with Gasteiger partial charge in [0.15, 0.2) is 0 Å². The second-order valence-electron chi connectivity index (χ2n) is 8.85. The summed E-state index contributed by atoms with van der Waals surface area (Å²) in [6.45, 7) is 7.70. The summed E-state index contributed by atoms with van der Waals surface area (Å²) in [6, 6.07) is 23.0. The lowest BCUT2D eigenvalue weighted by Crippen LogP contribution is -2.04. The fourth-order valence-electron chi connectivity index (χ4n) is 4.42. The number of aryl methyl sites for hydroxylation is 2. The highest BCUT2D eigenvalue weighted by Gasteiger charge is 2.15. The molecule has 3 aromatic carbocycles. The second kappa shape index (κ2) is 12.5. The zero-order valence-electron chi connectivity index (χ0n) is 21.8. The van der Waals surface area contributed by atoms with Gasteiger partial charge in [-0.25, -0.2) is 0 Å². The zero-order valence-corrected chi connectivity index (χ0v) is 22.6. The second-order valence-corrected chi connectivity index (χ2v) is 10.1. The molecule has 4 aromatic rings. The third-order valence-corrected chi connectivity index (χ3v) is 7.34. The van der Waals surface area contributed by atoms with Crippen LogP contribution in [0.1, 0.15) is 40.8 Å². The number of benzene rings is 3. The van der Waals surface area contributed by atoms with Gasteiger partial charge in [-0.15, -0.1) is 17.3 Å². The third kappa shape index (κ3) is 6.33. The van der Waals surface area contributed by atoms with E-state index >= 15 is 0 Å². The van der Waals surface area contributed by atoms with Crippen LogP contribution in [0.5, 0.6) is 11.5 Å². The molecule has 1 atom stereocenters. The number of nitrogens with zero attached hydrogens (tertiary/aromatic N) is 1. The largest absolute Gasteiger partial charge is 0.491 e. The molecule has 0 aliphatic heterocycles. The molecule has 0 radical (unpaired) electrons. The molecule has 1 heterocycles. The van der Waals surface area contributed by atoms with Crippen molar-refractivity contribution >= 4 is 21.4 Å². The summed E-state index contributed by atoms with van der Waals surface area (Å²) in [4.78, 5) is 1.29. The molecule has 0 unspecified atom stereocenters. The number of thiophene rings is 1. The molecular weight excluding hydrogens is 478 g/mol. The monoisotopic (exact) mass is 509 g/mol. The van der Waals surface area contributed by atoms with Crippen molar-refractivity contribution in [2.24, 2.45) is 0 Å². The van der Waals surface area contributed by atoms with Crippen molar-refractivity contribution in [3.63, 3.8) is 0 Å². The Hall–Kier alpha value is -3.77. The van der Waals surface area contributed by atoms with Crippen LogP contribution >= 0.6 is 11.3 Å². The number of hydrogen-bond acceptors (Lipinski definition) is 5. The molecule has 37 heavy (non-hydrogen) atoms. The first kappa shape index (κ1) is 26.3. The summed E-state index contributed by atoms with van der Waals surface area (Å²) in [5.74, 6) is 7.61. The Kier molecular flexibility index (Phi) is 8.86. The molecular formula is C32H31NO3S. The molecule has 1 aromatic heterocycles. The van der Waals surface area contributed by atoms with Crippen LogP contribution in [-0.4, -0.2) is 20.3 Å². The van der Waals surface area contributed by atoms with Crippen LogP contribution in [0.2, 0.25) is 0 Å². The van der Waals surface area contributed by atoms with Gasteiger partial charge >= 0.3 is 0 Å². The van der Waals surface area contributed by atoms with Crippen molar-refractivity contribution in [3.05, 3.63) is 82.2 Å². The summed E-state index contributed by atoms with van der Waals surface area (Å²) >= 11 is 1.82. The Morgan fingerprint density at radius 3 is 2.41 bits per heavy atom. The van der Waals surface area contributed by atoms with Gasteiger partial charge in [-0.2, -0.15) is 5.26 Å². The molecule has 5 heteroatoms. The highest BCUT2D eigenvalue weighted by Crippen LogP contribution is 2.41. The average Bonchev–Trinajstić information content (AvgIpc) is 3.23. The SMILES string of the molecule is CC#C[C@@H](CC#N)c1ccc(OCc2ccc3sc(C)c(-c4ccc(OCCOC)cc4C)c3c2)cc1. The molecule has 0 N–H and O–H groups in total. The molecule has 0 amide bonds. The predicted octanol–water partition coefficient (Wildman–Crippen LogP) is 7.81. The quantitative estimate of drug-likeness (QED) is 0.162. The lowest BCUT2D eigenvalue weighted by Gasteiger charge is -2.12. The van der Waals surface area contributed by atoms with E-state index in [0.717, 1.165) is 22.6 Å². The fraction of sp³-hybridized carbons (Fsp3) is 0.281. The van der Waals surface area contributed by atoms with Crippen molar-refractivity contribution in [1.29, 1.82) is 5.26 Å². The molecule has 0 saturated carbocycles. The van der Waals surface area contributed by atoms with Crippen LogP contribution in [0.3, 0.4) is 0 Å². The first-order chi connectivity index (χ1) is 18.0. The van der Waals surface area contributed by atoms with Crippen molar-refractivity contribution in [2.75, 3.05) is 20.3 Å². The average molecular weight is 510 g/mol. The van der Waals surface area contributed by atoms with E-state index in [0.29, 0.717) is 26.2 Å². The van der Waals surface area contributed by atoms with Crippen LogP contribution in [0, 0.1) is 37.0 Å². The molecule has 0 spiro atoms. The van der Waals surface area contributed by atoms with Crippen molar-refractivity contribution in [1.82, 2.24) is 0 Å². The molecule has 188 valence electrons. The van der Waals surface area contributed by atoms with Gasteiger partial charge < -0.3 is 14.2 Å². The number of methoxy groups -OCH3 is 1. The van der Waals surface area contributed by atoms with E-state index in [1.54, 1.807) is 14.0 Å². The van der Waals surface area contributed by atoms with Crippen molar-refractivity contribution in [3.8, 4) is 40.5 Å². The third-order valence-electron chi connectivity index (χ3n) is 6.25. The van der Waals surface area contributed by atoms with E-state index in [1.807, 2.05) is 41.7 Å². The molecule has 0 aliphatic rings. The molecule has 0 bridgehead atoms. The predicted molar refractivity (Wildman–Crippen MR) is 151 cm³/mol. The van der Waals surface area contributed by atoms with Crippen molar-refractivity contribution in [2.45, 2.75) is 39.7 Å². The number of ether oxygens (including phenoxy) is 3. The van der Waals surface area contributed by atoms with E-state index < -0.39 is 0 Å². The maximum Gasteiger partial charge on any atom is 0.119 e. The van der Waals surface area contributed by atoms with Crippen LogP contribution in [0.15, 0.2) is 60.7 Å². The van der Waals surface area contributed by atoms with Crippen LogP contribution in [0.4, 0.5) is 0 Å². The standard InChI is InChI=1S/C32H31NO3S/c1-5-6-25(15-16-33)26-8-10-27(11-9-26)36-21-24-7-14-31-30(20-24)32(23(3)37-31)29-13-12-28(19-22(29)2)35-18-17-34-4/h7-14,19-20,25H,15,17-18,21H2,1-4H3/t25-/m0/s1. The van der Waals surface area contributed by atoms with Crippen molar-refractivity contribution < 1.29 is 14.2 Å². The van der Waals surface area contributed by atoms with Gasteiger partial charge in [0.1, 0.15) is 24.7 Å². The van der Waals surface area contributed by atoms with Gasteiger partial charge in [-0.3, -0.25) is 0 Å². The maximum absolute atomic E-state index is 9.07. The summed E-state index contributed by atoms with van der Waals surface area (Å²) in [5.41, 5.74) is 5.83. The van der Waals surface area contributed by atoms with Gasteiger partial charge in [-0.1, -0.05) is 30.2 Å². The van der Waals surface area contributed by atoms with E-state index in [2.05, 4.69) is 62.1 Å². The van der Waals surface area contributed by atoms with E-state index in [1.165, 1.54) is 31.7 Å². The molecule has 0 fully saturated rings. The van der Waals surface area contributed by atoms with Crippen LogP contribution in [-0.2, 0) is 11.3 Å². The number of nitriles is 1. The lowest BCUT2D eigenvalue weighted by atomic mass is 9.97. The van der Waals surface area contributed by atoms with E-state index in [9.17, 15) is 0 Å². The maximum atomic E-state index is 9.07.